The molecule has 0 saturated carbocycles. The highest BCUT2D eigenvalue weighted by Crippen LogP contribution is 2.33. The molecule has 1 aliphatic rings. The van der Waals surface area contributed by atoms with E-state index in [0.717, 1.165) is 22.6 Å². The molecule has 0 bridgehead atoms. The van der Waals surface area contributed by atoms with Gasteiger partial charge in [0.2, 0.25) is 0 Å². The number of rotatable bonds is 7. The van der Waals surface area contributed by atoms with Crippen LogP contribution in [-0.2, 0) is 6.54 Å². The number of benzene rings is 3. The molecule has 154 valence electrons. The van der Waals surface area contributed by atoms with Crippen LogP contribution < -0.4 is 14.2 Å². The van der Waals surface area contributed by atoms with Crippen LogP contribution in [0, 0.1) is 5.82 Å². The van der Waals surface area contributed by atoms with E-state index < -0.39 is 5.82 Å². The fraction of sp³-hybridized carbons (Fsp3) is 0.208. The van der Waals surface area contributed by atoms with Crippen molar-refractivity contribution in [1.82, 2.24) is 4.90 Å². The molecule has 1 aliphatic heterocycles. The van der Waals surface area contributed by atoms with E-state index >= 15 is 0 Å². The molecule has 0 spiro atoms. The molecule has 5 nitrogen and oxygen atoms in total. The minimum atomic E-state index is -0.417. The number of amides is 1. The van der Waals surface area contributed by atoms with Crippen molar-refractivity contribution in [1.29, 1.82) is 0 Å². The van der Waals surface area contributed by atoms with Gasteiger partial charge in [-0.15, -0.1) is 0 Å². The summed E-state index contributed by atoms with van der Waals surface area (Å²) in [5.74, 6) is 1.51. The first-order chi connectivity index (χ1) is 14.6. The third-order valence-electron chi connectivity index (χ3n) is 5.25. The maximum absolute atomic E-state index is 13.7. The molecule has 1 heterocycles. The Morgan fingerprint density at radius 2 is 1.50 bits per heavy atom. The number of ether oxygens (including phenoxy) is 3. The van der Waals surface area contributed by atoms with E-state index in [1.54, 1.807) is 25.2 Å². The second-order valence-electron chi connectivity index (χ2n) is 7.01. The Morgan fingerprint density at radius 1 is 0.900 bits per heavy atom. The van der Waals surface area contributed by atoms with Crippen molar-refractivity contribution in [2.75, 3.05) is 20.8 Å². The first-order valence-electron chi connectivity index (χ1n) is 9.59. The molecule has 0 saturated heterocycles. The smallest absolute Gasteiger partial charge is 0.255 e. The zero-order valence-electron chi connectivity index (χ0n) is 16.8. The van der Waals surface area contributed by atoms with Crippen LogP contribution in [0.2, 0.25) is 0 Å². The van der Waals surface area contributed by atoms with E-state index in [1.807, 2.05) is 48.5 Å². The van der Waals surface area contributed by atoms with Crippen LogP contribution in [0.4, 0.5) is 4.39 Å². The zero-order valence-corrected chi connectivity index (χ0v) is 16.8. The maximum atomic E-state index is 13.7. The SMILES string of the molecule is COc1ccc(OCC(c2ccc(OC)cc2)N2Cc3ccc(F)cc3C2=O)cc1. The van der Waals surface area contributed by atoms with Crippen LogP contribution in [0.1, 0.15) is 27.5 Å². The third kappa shape index (κ3) is 3.94. The quantitative estimate of drug-likeness (QED) is 0.574. The molecule has 4 rings (SSSR count). The number of methoxy groups -OCH3 is 2. The van der Waals surface area contributed by atoms with Gasteiger partial charge >= 0.3 is 0 Å². The van der Waals surface area contributed by atoms with Gasteiger partial charge in [-0.05, 0) is 59.7 Å². The van der Waals surface area contributed by atoms with Gasteiger partial charge in [0.25, 0.3) is 5.91 Å². The van der Waals surface area contributed by atoms with Gasteiger partial charge in [-0.1, -0.05) is 18.2 Å². The Balaban J connectivity index is 1.60. The highest BCUT2D eigenvalue weighted by molar-refractivity contribution is 5.98. The molecule has 30 heavy (non-hydrogen) atoms. The van der Waals surface area contributed by atoms with Gasteiger partial charge in [0.05, 0.1) is 20.3 Å². The summed E-state index contributed by atoms with van der Waals surface area (Å²) in [4.78, 5) is 14.8. The summed E-state index contributed by atoms with van der Waals surface area (Å²) >= 11 is 0. The summed E-state index contributed by atoms with van der Waals surface area (Å²) in [5, 5.41) is 0. The van der Waals surface area contributed by atoms with Crippen molar-refractivity contribution in [3.63, 3.8) is 0 Å². The van der Waals surface area contributed by atoms with E-state index in [-0.39, 0.29) is 18.6 Å². The number of fused-ring (bicyclic) bond motifs is 1. The average molecular weight is 407 g/mol. The van der Waals surface area contributed by atoms with Crippen molar-refractivity contribution in [3.05, 3.63) is 89.2 Å². The van der Waals surface area contributed by atoms with Gasteiger partial charge in [0, 0.05) is 12.1 Å². The topological polar surface area (TPSA) is 48.0 Å². The Kier molecular flexibility index (Phi) is 5.57. The van der Waals surface area contributed by atoms with Crippen LogP contribution >= 0.6 is 0 Å². The van der Waals surface area contributed by atoms with E-state index in [9.17, 15) is 9.18 Å². The van der Waals surface area contributed by atoms with Crippen LogP contribution in [0.25, 0.3) is 0 Å². The third-order valence-corrected chi connectivity index (χ3v) is 5.25. The molecule has 0 radical (unpaired) electrons. The molecule has 0 aromatic heterocycles. The minimum absolute atomic E-state index is 0.205. The largest absolute Gasteiger partial charge is 0.497 e. The molecule has 0 N–H and O–H groups in total. The minimum Gasteiger partial charge on any atom is -0.497 e. The normalized spacial score (nSPS) is 13.7. The number of carbonyl (C=O) groups excluding carboxylic acids is 1. The van der Waals surface area contributed by atoms with E-state index in [2.05, 4.69) is 0 Å². The first-order valence-corrected chi connectivity index (χ1v) is 9.59. The Bertz CT molecular complexity index is 1030. The molecule has 1 atom stereocenters. The highest BCUT2D eigenvalue weighted by Gasteiger charge is 2.34. The van der Waals surface area contributed by atoms with Crippen LogP contribution in [0.15, 0.2) is 66.7 Å². The van der Waals surface area contributed by atoms with Crippen molar-refractivity contribution >= 4 is 5.91 Å². The Morgan fingerprint density at radius 3 is 2.13 bits per heavy atom. The lowest BCUT2D eigenvalue weighted by Crippen LogP contribution is -2.33. The molecule has 3 aromatic rings. The van der Waals surface area contributed by atoms with Crippen molar-refractivity contribution in [3.8, 4) is 17.2 Å². The highest BCUT2D eigenvalue weighted by atomic mass is 19.1. The average Bonchev–Trinajstić information content (AvgIpc) is 3.10. The van der Waals surface area contributed by atoms with Crippen molar-refractivity contribution in [2.24, 2.45) is 0 Å². The molecule has 1 unspecified atom stereocenters. The van der Waals surface area contributed by atoms with Crippen LogP contribution in [0.3, 0.4) is 0 Å². The van der Waals surface area contributed by atoms with Crippen molar-refractivity contribution in [2.45, 2.75) is 12.6 Å². The lowest BCUT2D eigenvalue weighted by molar-refractivity contribution is 0.0635. The lowest BCUT2D eigenvalue weighted by atomic mass is 10.1. The van der Waals surface area contributed by atoms with Gasteiger partial charge in [-0.25, -0.2) is 4.39 Å². The number of halogens is 1. The molecular formula is C24H22FNO4. The summed E-state index contributed by atoms with van der Waals surface area (Å²) < 4.78 is 30.1. The second kappa shape index (κ2) is 8.45. The van der Waals surface area contributed by atoms with E-state index in [1.165, 1.54) is 12.1 Å². The summed E-state index contributed by atoms with van der Waals surface area (Å²) in [5.41, 5.74) is 2.12. The van der Waals surface area contributed by atoms with Gasteiger partial charge in [-0.2, -0.15) is 0 Å². The summed E-state index contributed by atoms with van der Waals surface area (Å²) in [6.45, 7) is 0.651. The van der Waals surface area contributed by atoms with Gasteiger partial charge in [0.1, 0.15) is 29.7 Å². The Labute approximate surface area is 174 Å². The predicted molar refractivity (Wildman–Crippen MR) is 110 cm³/mol. The molecule has 0 aliphatic carbocycles. The van der Waals surface area contributed by atoms with E-state index in [4.69, 9.17) is 14.2 Å². The molecule has 1 amide bonds. The van der Waals surface area contributed by atoms with Crippen LogP contribution in [-0.4, -0.2) is 31.6 Å². The van der Waals surface area contributed by atoms with E-state index in [0.29, 0.717) is 17.9 Å². The van der Waals surface area contributed by atoms with Gasteiger partial charge in [-0.3, -0.25) is 4.79 Å². The maximum Gasteiger partial charge on any atom is 0.255 e. The monoisotopic (exact) mass is 407 g/mol. The predicted octanol–water partition coefficient (Wildman–Crippen LogP) is 4.62. The van der Waals surface area contributed by atoms with Crippen molar-refractivity contribution < 1.29 is 23.4 Å². The number of nitrogens with zero attached hydrogens (tertiary/aromatic N) is 1. The van der Waals surface area contributed by atoms with Gasteiger partial charge in [0.15, 0.2) is 0 Å². The summed E-state index contributed by atoms with van der Waals surface area (Å²) in [6.07, 6.45) is 0. The standard InChI is InChI=1S/C24H22FNO4/c1-28-19-7-4-16(5-8-19)23(15-30-21-11-9-20(29-2)10-12-21)26-14-17-3-6-18(25)13-22(17)24(26)27/h3-13,23H,14-15H2,1-2H3. The van der Waals surface area contributed by atoms with Gasteiger partial charge < -0.3 is 19.1 Å². The summed E-state index contributed by atoms with van der Waals surface area (Å²) in [6, 6.07) is 18.8. The fourth-order valence-corrected chi connectivity index (χ4v) is 3.59. The van der Waals surface area contributed by atoms with Crippen LogP contribution in [0.5, 0.6) is 17.2 Å². The zero-order chi connectivity index (χ0) is 21.1. The molecule has 3 aromatic carbocycles. The second-order valence-corrected chi connectivity index (χ2v) is 7.01. The Hall–Kier alpha value is -3.54. The lowest BCUT2D eigenvalue weighted by Gasteiger charge is -2.28. The summed E-state index contributed by atoms with van der Waals surface area (Å²) in [7, 11) is 3.21. The number of hydrogen-bond donors (Lipinski definition) is 0. The number of carbonyl (C=O) groups is 1. The molecular weight excluding hydrogens is 385 g/mol. The molecule has 0 fully saturated rings. The first kappa shape index (κ1) is 19.8. The fourth-order valence-electron chi connectivity index (χ4n) is 3.59. The number of hydrogen-bond acceptors (Lipinski definition) is 4. The molecule has 6 heteroatoms.